The third-order valence-electron chi connectivity index (χ3n) is 4.59. The van der Waals surface area contributed by atoms with E-state index in [2.05, 4.69) is 10.4 Å². The Bertz CT molecular complexity index is 1190. The fourth-order valence-electron chi connectivity index (χ4n) is 2.97. The minimum atomic E-state index is -0.635. The summed E-state index contributed by atoms with van der Waals surface area (Å²) in [6, 6.07) is 9.82. The first-order valence-electron chi connectivity index (χ1n) is 8.36. The van der Waals surface area contributed by atoms with E-state index in [9.17, 15) is 14.9 Å². The monoisotopic (exact) mass is 364 g/mol. The minimum absolute atomic E-state index is 0.124. The normalized spacial score (nSPS) is 10.7. The van der Waals surface area contributed by atoms with Gasteiger partial charge in [-0.25, -0.2) is 9.48 Å². The van der Waals surface area contributed by atoms with Crippen LogP contribution in [-0.2, 0) is 14.1 Å². The molecule has 8 heteroatoms. The first-order valence-corrected chi connectivity index (χ1v) is 8.36. The van der Waals surface area contributed by atoms with Crippen LogP contribution >= 0.6 is 0 Å². The Kier molecular flexibility index (Phi) is 4.45. The quantitative estimate of drug-likeness (QED) is 0.764. The smallest absolute Gasteiger partial charge is 0.332 e. The standard InChI is InChI=1S/C19H20N6O2/c1-11-6-8-14(9-7-11)25-13(3)16(12(2)22-25)21-17-15(10-20)18(26)24(5)19(27)23(17)4/h6-9,21H,1-5H3. The van der Waals surface area contributed by atoms with Crippen molar-refractivity contribution in [2.24, 2.45) is 14.1 Å². The third kappa shape index (κ3) is 2.93. The van der Waals surface area contributed by atoms with Gasteiger partial charge in [-0.05, 0) is 32.9 Å². The molecule has 0 saturated carbocycles. The van der Waals surface area contributed by atoms with Crippen molar-refractivity contribution in [1.82, 2.24) is 18.9 Å². The Hall–Kier alpha value is -3.60. The molecule has 0 aliphatic heterocycles. The van der Waals surface area contributed by atoms with E-state index in [1.165, 1.54) is 18.7 Å². The van der Waals surface area contributed by atoms with Crippen molar-refractivity contribution in [3.8, 4) is 11.8 Å². The predicted octanol–water partition coefficient (Wildman–Crippen LogP) is 1.81. The van der Waals surface area contributed by atoms with Gasteiger partial charge in [0.2, 0.25) is 0 Å². The molecule has 0 atom stereocenters. The Labute approximate surface area is 155 Å². The van der Waals surface area contributed by atoms with Gasteiger partial charge in [-0.15, -0.1) is 0 Å². The Balaban J connectivity index is 2.16. The van der Waals surface area contributed by atoms with Gasteiger partial charge in [-0.1, -0.05) is 17.7 Å². The number of benzene rings is 1. The second kappa shape index (κ2) is 6.61. The summed E-state index contributed by atoms with van der Waals surface area (Å²) in [5.41, 5.74) is 2.90. The molecular weight excluding hydrogens is 344 g/mol. The van der Waals surface area contributed by atoms with Crippen LogP contribution in [0.15, 0.2) is 33.9 Å². The maximum atomic E-state index is 12.3. The molecule has 8 nitrogen and oxygen atoms in total. The average Bonchev–Trinajstić information content (AvgIpc) is 2.93. The number of nitrogens with zero attached hydrogens (tertiary/aromatic N) is 5. The van der Waals surface area contributed by atoms with Crippen LogP contribution in [0.5, 0.6) is 0 Å². The lowest BCUT2D eigenvalue weighted by Crippen LogP contribution is -2.39. The number of hydrogen-bond acceptors (Lipinski definition) is 5. The highest BCUT2D eigenvalue weighted by atomic mass is 16.2. The van der Waals surface area contributed by atoms with Crippen molar-refractivity contribution in [1.29, 1.82) is 5.26 Å². The largest absolute Gasteiger partial charge is 0.337 e. The fourth-order valence-corrected chi connectivity index (χ4v) is 2.97. The van der Waals surface area contributed by atoms with Crippen molar-refractivity contribution < 1.29 is 0 Å². The Morgan fingerprint density at radius 2 is 1.67 bits per heavy atom. The van der Waals surface area contributed by atoms with E-state index in [0.29, 0.717) is 11.4 Å². The Morgan fingerprint density at radius 3 is 2.26 bits per heavy atom. The SMILES string of the molecule is Cc1ccc(-n2nc(C)c(Nc3c(C#N)c(=O)n(C)c(=O)n3C)c2C)cc1. The van der Waals surface area contributed by atoms with Gasteiger partial charge in [-0.3, -0.25) is 13.9 Å². The van der Waals surface area contributed by atoms with Crippen molar-refractivity contribution in [3.63, 3.8) is 0 Å². The van der Waals surface area contributed by atoms with Crippen molar-refractivity contribution in [2.75, 3.05) is 5.32 Å². The number of aryl methyl sites for hydroxylation is 2. The van der Waals surface area contributed by atoms with Crippen LogP contribution in [0.4, 0.5) is 11.5 Å². The highest BCUT2D eigenvalue weighted by Crippen LogP contribution is 2.26. The van der Waals surface area contributed by atoms with E-state index in [-0.39, 0.29) is 11.4 Å². The van der Waals surface area contributed by atoms with E-state index in [0.717, 1.165) is 21.5 Å². The van der Waals surface area contributed by atoms with E-state index < -0.39 is 11.2 Å². The van der Waals surface area contributed by atoms with Crippen molar-refractivity contribution in [3.05, 3.63) is 67.6 Å². The molecule has 0 aliphatic rings. The molecule has 0 fully saturated rings. The highest BCUT2D eigenvalue weighted by Gasteiger charge is 2.19. The number of rotatable bonds is 3. The summed E-state index contributed by atoms with van der Waals surface area (Å²) < 4.78 is 3.95. The van der Waals surface area contributed by atoms with Crippen LogP contribution in [-0.4, -0.2) is 18.9 Å². The van der Waals surface area contributed by atoms with Crippen LogP contribution in [0.25, 0.3) is 5.69 Å². The lowest BCUT2D eigenvalue weighted by Gasteiger charge is -2.14. The summed E-state index contributed by atoms with van der Waals surface area (Å²) in [7, 11) is 2.86. The molecule has 0 amide bonds. The second-order valence-corrected chi connectivity index (χ2v) is 6.46. The van der Waals surface area contributed by atoms with Crippen molar-refractivity contribution in [2.45, 2.75) is 20.8 Å². The predicted molar refractivity (Wildman–Crippen MR) is 103 cm³/mol. The summed E-state index contributed by atoms with van der Waals surface area (Å²) in [6.07, 6.45) is 0. The summed E-state index contributed by atoms with van der Waals surface area (Å²) in [4.78, 5) is 24.5. The van der Waals surface area contributed by atoms with Crippen LogP contribution < -0.4 is 16.6 Å². The van der Waals surface area contributed by atoms with Gasteiger partial charge in [0.1, 0.15) is 11.9 Å². The molecule has 1 N–H and O–H groups in total. The topological polar surface area (TPSA) is 97.6 Å². The summed E-state index contributed by atoms with van der Waals surface area (Å²) in [5, 5.41) is 17.1. The number of nitriles is 1. The first-order chi connectivity index (χ1) is 12.8. The molecule has 1 aromatic carbocycles. The molecule has 0 bridgehead atoms. The zero-order valence-corrected chi connectivity index (χ0v) is 15.9. The molecule has 0 spiro atoms. The third-order valence-corrected chi connectivity index (χ3v) is 4.59. The Morgan fingerprint density at radius 1 is 1.04 bits per heavy atom. The van der Waals surface area contributed by atoms with Gasteiger partial charge in [-0.2, -0.15) is 10.4 Å². The molecule has 3 rings (SSSR count). The first kappa shape index (κ1) is 18.2. The van der Waals surface area contributed by atoms with Crippen molar-refractivity contribution >= 4 is 11.5 Å². The lowest BCUT2D eigenvalue weighted by molar-refractivity contribution is 0.689. The lowest BCUT2D eigenvalue weighted by atomic mass is 10.2. The molecule has 138 valence electrons. The van der Waals surface area contributed by atoms with Crippen LogP contribution in [0.2, 0.25) is 0 Å². The van der Waals surface area contributed by atoms with Gasteiger partial charge in [0.15, 0.2) is 5.56 Å². The maximum absolute atomic E-state index is 12.3. The minimum Gasteiger partial charge on any atom is -0.337 e. The zero-order chi connectivity index (χ0) is 19.9. The molecule has 0 radical (unpaired) electrons. The molecule has 27 heavy (non-hydrogen) atoms. The van der Waals surface area contributed by atoms with E-state index >= 15 is 0 Å². The number of aromatic nitrogens is 4. The molecule has 2 heterocycles. The molecule has 0 aliphatic carbocycles. The van der Waals surface area contributed by atoms with Crippen LogP contribution in [0.3, 0.4) is 0 Å². The fraction of sp³-hybridized carbons (Fsp3) is 0.263. The van der Waals surface area contributed by atoms with Gasteiger partial charge < -0.3 is 5.32 Å². The molecule has 3 aromatic rings. The van der Waals surface area contributed by atoms with Gasteiger partial charge in [0.25, 0.3) is 5.56 Å². The summed E-state index contributed by atoms with van der Waals surface area (Å²) in [6.45, 7) is 5.72. The van der Waals surface area contributed by atoms with E-state index in [4.69, 9.17) is 0 Å². The van der Waals surface area contributed by atoms with E-state index in [1.807, 2.05) is 51.1 Å². The van der Waals surface area contributed by atoms with Gasteiger partial charge in [0.05, 0.1) is 22.8 Å². The van der Waals surface area contributed by atoms with Crippen LogP contribution in [0.1, 0.15) is 22.5 Å². The number of nitrogens with one attached hydrogen (secondary N) is 1. The number of anilines is 2. The molecule has 0 unspecified atom stereocenters. The zero-order valence-electron chi connectivity index (χ0n) is 15.9. The summed E-state index contributed by atoms with van der Waals surface area (Å²) >= 11 is 0. The second-order valence-electron chi connectivity index (χ2n) is 6.46. The summed E-state index contributed by atoms with van der Waals surface area (Å²) in [5.74, 6) is 0.153. The molecule has 2 aromatic heterocycles. The maximum Gasteiger partial charge on any atom is 0.332 e. The van der Waals surface area contributed by atoms with Gasteiger partial charge >= 0.3 is 5.69 Å². The van der Waals surface area contributed by atoms with Crippen LogP contribution in [0, 0.1) is 32.1 Å². The number of hydrogen-bond donors (Lipinski definition) is 1. The highest BCUT2D eigenvalue weighted by molar-refractivity contribution is 5.67. The van der Waals surface area contributed by atoms with E-state index in [1.54, 1.807) is 4.68 Å². The van der Waals surface area contributed by atoms with Gasteiger partial charge in [0, 0.05) is 14.1 Å². The average molecular weight is 364 g/mol. The molecular formula is C19H20N6O2. The molecule has 0 saturated heterocycles.